The van der Waals surface area contributed by atoms with Crippen LogP contribution in [0.1, 0.15) is 5.56 Å². The Morgan fingerprint density at radius 3 is 1.97 bits per heavy atom. The van der Waals surface area contributed by atoms with E-state index in [9.17, 15) is 13.5 Å². The van der Waals surface area contributed by atoms with Gasteiger partial charge in [0.25, 0.3) is 0 Å². The Kier molecular flexibility index (Phi) is 15.4. The lowest BCUT2D eigenvalue weighted by Crippen LogP contribution is -2.15. The van der Waals surface area contributed by atoms with Gasteiger partial charge in [0.2, 0.25) is 15.9 Å². The smallest absolute Gasteiger partial charge is 0.208 e. The van der Waals surface area contributed by atoms with Crippen molar-refractivity contribution in [1.29, 1.82) is 0 Å². The van der Waals surface area contributed by atoms with Crippen molar-refractivity contribution in [1.82, 2.24) is 10.2 Å². The molecule has 0 heterocycles. The van der Waals surface area contributed by atoms with E-state index >= 15 is 0 Å². The molecule has 13 heteroatoms. The normalized spacial score (nSPS) is 11.2. The average Bonchev–Trinajstić information content (AvgIpc) is 2.90. The van der Waals surface area contributed by atoms with Gasteiger partial charge in [-0.2, -0.15) is 10.6 Å². The molecule has 0 saturated heterocycles. The topological polar surface area (TPSA) is 146 Å². The summed E-state index contributed by atoms with van der Waals surface area (Å²) in [5, 5.41) is 22.4. The number of hydrogen-bond donors (Lipinski definition) is 4. The number of sulfonamides is 1. The molecule has 0 spiro atoms. The molecular weight excluding hydrogens is 504 g/mol. The third-order valence-corrected chi connectivity index (χ3v) is 4.73. The number of hydrazone groups is 1. The van der Waals surface area contributed by atoms with E-state index < -0.39 is 10.0 Å². The van der Waals surface area contributed by atoms with Gasteiger partial charge in [-0.3, -0.25) is 5.43 Å². The van der Waals surface area contributed by atoms with E-state index in [2.05, 4.69) is 40.3 Å². The molecule has 11 nitrogen and oxygen atoms in total. The van der Waals surface area contributed by atoms with E-state index in [1.807, 2.05) is 60.7 Å². The van der Waals surface area contributed by atoms with Gasteiger partial charge < -0.3 is 5.11 Å². The molecule has 0 fully saturated rings. The van der Waals surface area contributed by atoms with E-state index in [1.165, 1.54) is 7.05 Å². The zero-order chi connectivity index (χ0) is 26.7. The first kappa shape index (κ1) is 30.7. The maximum atomic E-state index is 9.89. The fourth-order valence-electron chi connectivity index (χ4n) is 2.08. The van der Waals surface area contributed by atoms with Crippen molar-refractivity contribution in [2.45, 2.75) is 0 Å². The fourth-order valence-corrected chi connectivity index (χ4v) is 2.22. The molecule has 0 aromatic heterocycles. The minimum absolute atomic E-state index is 0.0738. The van der Waals surface area contributed by atoms with E-state index in [0.29, 0.717) is 11.5 Å². The number of nitrogens with one attached hydrogen (secondary N) is 3. The summed E-state index contributed by atoms with van der Waals surface area (Å²) in [7, 11) is 0.0796. The van der Waals surface area contributed by atoms with Crippen molar-refractivity contribution in [3.05, 3.63) is 90.5 Å². The van der Waals surface area contributed by atoms with Crippen molar-refractivity contribution in [3.63, 3.8) is 0 Å². The minimum Gasteiger partial charge on any atom is -0.506 e. The number of hydroxylamine groups is 1. The lowest BCUT2D eigenvalue weighted by Gasteiger charge is -2.03. The summed E-state index contributed by atoms with van der Waals surface area (Å²) in [4.78, 5) is 4.20. The van der Waals surface area contributed by atoms with Gasteiger partial charge in [-0.15, -0.1) is 19.6 Å². The summed E-state index contributed by atoms with van der Waals surface area (Å²) >= 11 is 1.14. The van der Waals surface area contributed by atoms with Crippen LogP contribution in [0.15, 0.2) is 100 Å². The third kappa shape index (κ3) is 14.2. The largest absolute Gasteiger partial charge is 0.506 e. The van der Waals surface area contributed by atoms with Crippen LogP contribution in [0.3, 0.4) is 0 Å². The quantitative estimate of drug-likeness (QED) is 0.0630. The summed E-state index contributed by atoms with van der Waals surface area (Å²) in [6.07, 6.45) is 2.87. The molecule has 4 N–H and O–H groups in total. The van der Waals surface area contributed by atoms with Gasteiger partial charge in [0.05, 0.1) is 11.9 Å². The standard InChI is InChI=1S/C19H16N4O.2C2H7NO2S/c24-18-14-8-7-13-17(18)21-23-19(15-9-3-1-4-10-15)22-20-16-11-5-2-6-12-16;1-3-6(2,4)5;1-3-4-5-6-2/h1-14,20,24H;2*3H,1-2H3/b22-19-,23-21?;;. The van der Waals surface area contributed by atoms with Gasteiger partial charge in [0.15, 0.2) is 0 Å². The molecule has 3 aromatic carbocycles. The average molecular weight is 535 g/mol. The molecule has 0 atom stereocenters. The number of rotatable bonds is 8. The number of hydrogen-bond acceptors (Lipinski definition) is 10. The maximum Gasteiger partial charge on any atom is 0.208 e. The molecule has 0 unspecified atom stereocenters. The molecule has 36 heavy (non-hydrogen) atoms. The fraction of sp³-hybridized carbons (Fsp3) is 0.174. The number of aromatic hydroxyl groups is 1. The number of phenols is 1. The Morgan fingerprint density at radius 1 is 0.917 bits per heavy atom. The first-order valence-corrected chi connectivity index (χ1v) is 13.4. The number of nitrogens with zero attached hydrogens (tertiary/aromatic N) is 3. The lowest BCUT2D eigenvalue weighted by molar-refractivity contribution is -0.237. The maximum absolute atomic E-state index is 9.89. The van der Waals surface area contributed by atoms with Crippen LogP contribution in [0.25, 0.3) is 0 Å². The molecule has 0 radical (unpaired) electrons. The Balaban J connectivity index is 0.000000450. The van der Waals surface area contributed by atoms with Crippen LogP contribution in [0, 0.1) is 0 Å². The minimum atomic E-state index is -2.91. The molecule has 0 aliphatic heterocycles. The number of anilines is 1. The van der Waals surface area contributed by atoms with E-state index in [4.69, 9.17) is 0 Å². The molecule has 0 amide bonds. The molecule has 3 rings (SSSR count). The van der Waals surface area contributed by atoms with Crippen LogP contribution in [0.2, 0.25) is 0 Å². The number of azo groups is 1. The van der Waals surface area contributed by atoms with Crippen LogP contribution in [0.4, 0.5) is 11.4 Å². The van der Waals surface area contributed by atoms with Crippen LogP contribution in [-0.2, 0) is 19.3 Å². The van der Waals surface area contributed by atoms with Crippen molar-refractivity contribution in [3.8, 4) is 5.75 Å². The van der Waals surface area contributed by atoms with Crippen molar-refractivity contribution < 1.29 is 22.8 Å². The Hall–Kier alpha value is -3.33. The second-order valence-corrected chi connectivity index (χ2v) is 8.89. The molecule has 0 aliphatic carbocycles. The molecule has 3 aromatic rings. The number of para-hydroxylation sites is 2. The SMILES string of the molecule is CNOOSC.CNS(C)(=O)=O.Oc1ccccc1N=N/C(=N\Nc1ccccc1)c1ccccc1. The molecule has 0 bridgehead atoms. The predicted molar refractivity (Wildman–Crippen MR) is 144 cm³/mol. The van der Waals surface area contributed by atoms with Gasteiger partial charge in [-0.1, -0.05) is 60.7 Å². The van der Waals surface area contributed by atoms with E-state index in [1.54, 1.807) is 37.6 Å². The van der Waals surface area contributed by atoms with Gasteiger partial charge >= 0.3 is 0 Å². The van der Waals surface area contributed by atoms with E-state index in [0.717, 1.165) is 29.5 Å². The lowest BCUT2D eigenvalue weighted by atomic mass is 10.2. The van der Waals surface area contributed by atoms with Gasteiger partial charge in [-0.05, 0) is 31.3 Å². The summed E-state index contributed by atoms with van der Waals surface area (Å²) < 4.78 is 26.1. The number of phenolic OH excluding ortho intramolecular Hbond substituents is 1. The molecule has 194 valence electrons. The summed E-state index contributed by atoms with van der Waals surface area (Å²) in [6, 6.07) is 25.9. The zero-order valence-electron chi connectivity index (χ0n) is 20.3. The Bertz CT molecular complexity index is 1160. The first-order valence-electron chi connectivity index (χ1n) is 10.4. The van der Waals surface area contributed by atoms with Gasteiger partial charge in [0, 0.05) is 30.9 Å². The number of amidine groups is 1. The second-order valence-electron chi connectivity index (χ2n) is 6.47. The zero-order valence-corrected chi connectivity index (χ0v) is 22.0. The number of benzene rings is 3. The van der Waals surface area contributed by atoms with Crippen LogP contribution in [-0.4, -0.2) is 46.0 Å². The Labute approximate surface area is 215 Å². The third-order valence-electron chi connectivity index (χ3n) is 3.79. The molecule has 0 saturated carbocycles. The highest BCUT2D eigenvalue weighted by molar-refractivity contribution is 7.93. The Morgan fingerprint density at radius 2 is 1.47 bits per heavy atom. The highest BCUT2D eigenvalue weighted by Crippen LogP contribution is 2.25. The van der Waals surface area contributed by atoms with Gasteiger partial charge in [-0.25, -0.2) is 13.1 Å². The molecular formula is C23H30N6O5S2. The summed E-state index contributed by atoms with van der Waals surface area (Å²) in [5.74, 6) is 0.493. The molecule has 0 aliphatic rings. The van der Waals surface area contributed by atoms with Crippen molar-refractivity contribution in [2.24, 2.45) is 15.3 Å². The highest BCUT2D eigenvalue weighted by atomic mass is 32.2. The van der Waals surface area contributed by atoms with Crippen LogP contribution >= 0.6 is 12.0 Å². The highest BCUT2D eigenvalue weighted by Gasteiger charge is 2.03. The van der Waals surface area contributed by atoms with Crippen molar-refractivity contribution >= 4 is 39.3 Å². The van der Waals surface area contributed by atoms with Crippen LogP contribution in [0.5, 0.6) is 5.75 Å². The van der Waals surface area contributed by atoms with Gasteiger partial charge in [0.1, 0.15) is 11.4 Å². The van der Waals surface area contributed by atoms with Crippen molar-refractivity contribution in [2.75, 3.05) is 32.0 Å². The first-order chi connectivity index (χ1) is 17.3. The van der Waals surface area contributed by atoms with Crippen LogP contribution < -0.4 is 15.6 Å². The monoisotopic (exact) mass is 534 g/mol. The summed E-state index contributed by atoms with van der Waals surface area (Å²) in [5.41, 5.74) is 7.35. The summed E-state index contributed by atoms with van der Waals surface area (Å²) in [6.45, 7) is 0. The second kappa shape index (κ2) is 18.0. The van der Waals surface area contributed by atoms with E-state index in [-0.39, 0.29) is 5.75 Å². The predicted octanol–water partition coefficient (Wildman–Crippen LogP) is 4.46.